The molecule has 1 aliphatic heterocycles. The molecule has 0 unspecified atom stereocenters. The highest BCUT2D eigenvalue weighted by molar-refractivity contribution is 7.12. The van der Waals surface area contributed by atoms with E-state index in [1.54, 1.807) is 23.2 Å². The number of thiophene rings is 1. The fourth-order valence-electron chi connectivity index (χ4n) is 2.80. The maximum Gasteiger partial charge on any atom is 0.245 e. The number of nitrogens with one attached hydrogen (secondary N) is 1. The van der Waals surface area contributed by atoms with Crippen LogP contribution in [0.15, 0.2) is 6.07 Å². The van der Waals surface area contributed by atoms with Crippen LogP contribution in [0.4, 0.5) is 0 Å². The first kappa shape index (κ1) is 17.9. The number of hydrogen-bond donors (Lipinski definition) is 1. The number of ether oxygens (including phenoxy) is 1. The van der Waals surface area contributed by atoms with E-state index >= 15 is 0 Å². The van der Waals surface area contributed by atoms with Gasteiger partial charge in [-0.15, -0.1) is 11.3 Å². The fraction of sp³-hybridized carbons (Fsp3) is 0.647. The van der Waals surface area contributed by atoms with Gasteiger partial charge in [0.2, 0.25) is 11.8 Å². The summed E-state index contributed by atoms with van der Waals surface area (Å²) in [6, 6.07) is 1.73. The molecule has 0 bridgehead atoms. The second-order valence-corrected chi connectivity index (χ2v) is 7.48. The van der Waals surface area contributed by atoms with Crippen molar-refractivity contribution in [2.75, 3.05) is 26.3 Å². The van der Waals surface area contributed by atoms with Crippen molar-refractivity contribution in [2.24, 2.45) is 0 Å². The van der Waals surface area contributed by atoms with Crippen LogP contribution < -0.4 is 5.32 Å². The smallest absolute Gasteiger partial charge is 0.245 e. The molecule has 0 saturated carbocycles. The van der Waals surface area contributed by atoms with Gasteiger partial charge in [-0.05, 0) is 45.2 Å². The van der Waals surface area contributed by atoms with Gasteiger partial charge in [-0.25, -0.2) is 0 Å². The zero-order valence-electron chi connectivity index (χ0n) is 14.2. The van der Waals surface area contributed by atoms with E-state index in [0.717, 1.165) is 12.8 Å². The molecule has 2 amide bonds. The molecule has 0 aromatic carbocycles. The third kappa shape index (κ3) is 5.32. The van der Waals surface area contributed by atoms with Crippen LogP contribution in [0.3, 0.4) is 0 Å². The maximum atomic E-state index is 12.2. The Morgan fingerprint density at radius 2 is 2.04 bits per heavy atom. The van der Waals surface area contributed by atoms with Gasteiger partial charge in [-0.1, -0.05) is 0 Å². The summed E-state index contributed by atoms with van der Waals surface area (Å²) < 4.78 is 5.24. The van der Waals surface area contributed by atoms with Crippen LogP contribution in [-0.2, 0) is 20.7 Å². The van der Waals surface area contributed by atoms with Crippen LogP contribution in [0.1, 0.15) is 35.1 Å². The minimum absolute atomic E-state index is 0.0223. The van der Waals surface area contributed by atoms with Gasteiger partial charge in [-0.3, -0.25) is 9.59 Å². The Morgan fingerprint density at radius 1 is 1.35 bits per heavy atom. The second-order valence-electron chi connectivity index (χ2n) is 6.02. The second kappa shape index (κ2) is 8.45. The summed E-state index contributed by atoms with van der Waals surface area (Å²) in [6.07, 6.45) is 2.17. The normalized spacial score (nSPS) is 16.2. The lowest BCUT2D eigenvalue weighted by Crippen LogP contribution is -2.50. The topological polar surface area (TPSA) is 58.6 Å². The van der Waals surface area contributed by atoms with Gasteiger partial charge in [0, 0.05) is 29.3 Å². The van der Waals surface area contributed by atoms with E-state index in [0.29, 0.717) is 32.7 Å². The minimum atomic E-state index is -0.467. The van der Waals surface area contributed by atoms with Crippen LogP contribution >= 0.6 is 11.3 Å². The molecule has 0 radical (unpaired) electrons. The maximum absolute atomic E-state index is 12.2. The monoisotopic (exact) mass is 338 g/mol. The molecule has 23 heavy (non-hydrogen) atoms. The Morgan fingerprint density at radius 3 is 2.65 bits per heavy atom. The quantitative estimate of drug-likeness (QED) is 0.864. The minimum Gasteiger partial charge on any atom is -0.378 e. The van der Waals surface area contributed by atoms with Gasteiger partial charge < -0.3 is 15.0 Å². The van der Waals surface area contributed by atoms with Gasteiger partial charge in [0.25, 0.3) is 0 Å². The molecule has 0 spiro atoms. The van der Waals surface area contributed by atoms with E-state index in [4.69, 9.17) is 4.74 Å². The van der Waals surface area contributed by atoms with Crippen LogP contribution in [-0.4, -0.2) is 49.1 Å². The Balaban J connectivity index is 1.71. The third-order valence-corrected chi connectivity index (χ3v) is 5.07. The summed E-state index contributed by atoms with van der Waals surface area (Å²) >= 11 is 1.80. The van der Waals surface area contributed by atoms with Gasteiger partial charge in [0.05, 0.1) is 13.2 Å². The Labute approximate surface area is 142 Å². The first-order chi connectivity index (χ1) is 11.0. The third-order valence-electron chi connectivity index (χ3n) is 4.06. The van der Waals surface area contributed by atoms with Crippen molar-refractivity contribution < 1.29 is 14.3 Å². The average Bonchev–Trinajstić information content (AvgIpc) is 2.85. The Kier molecular flexibility index (Phi) is 6.59. The van der Waals surface area contributed by atoms with Crippen molar-refractivity contribution in [1.29, 1.82) is 0 Å². The molecular weight excluding hydrogens is 312 g/mol. The zero-order valence-corrected chi connectivity index (χ0v) is 15.0. The fourth-order valence-corrected chi connectivity index (χ4v) is 3.78. The predicted octanol–water partition coefficient (Wildman–Crippen LogP) is 2.05. The molecule has 2 rings (SSSR count). The number of carbonyl (C=O) groups excluding carboxylic acids is 2. The first-order valence-corrected chi connectivity index (χ1v) is 9.01. The highest BCUT2D eigenvalue weighted by Gasteiger charge is 2.23. The molecule has 6 heteroatoms. The van der Waals surface area contributed by atoms with Crippen LogP contribution in [0, 0.1) is 13.8 Å². The van der Waals surface area contributed by atoms with Crippen LogP contribution in [0.2, 0.25) is 0 Å². The van der Waals surface area contributed by atoms with E-state index in [1.807, 2.05) is 0 Å². The number of carbonyl (C=O) groups is 2. The summed E-state index contributed by atoms with van der Waals surface area (Å²) in [7, 11) is 0. The SMILES string of the molecule is Cc1cc(CCCC(=O)N[C@@H](C)C(=O)N2CCOCC2)c(C)s1. The summed E-state index contributed by atoms with van der Waals surface area (Å²) in [4.78, 5) is 28.7. The Hall–Kier alpha value is -1.40. The number of rotatable bonds is 6. The highest BCUT2D eigenvalue weighted by Crippen LogP contribution is 2.22. The number of aryl methyl sites for hydroxylation is 3. The van der Waals surface area contributed by atoms with Crippen molar-refractivity contribution in [3.63, 3.8) is 0 Å². The van der Waals surface area contributed by atoms with Gasteiger partial charge in [0.1, 0.15) is 6.04 Å². The molecule has 1 atom stereocenters. The molecule has 1 N–H and O–H groups in total. The van der Waals surface area contributed by atoms with Crippen molar-refractivity contribution in [3.8, 4) is 0 Å². The molecule has 1 aromatic rings. The van der Waals surface area contributed by atoms with Crippen molar-refractivity contribution >= 4 is 23.2 Å². The van der Waals surface area contributed by atoms with E-state index in [9.17, 15) is 9.59 Å². The van der Waals surface area contributed by atoms with Crippen LogP contribution in [0.25, 0.3) is 0 Å². The number of morpholine rings is 1. The standard InChI is InChI=1S/C17H26N2O3S/c1-12-11-15(14(3)23-12)5-4-6-16(20)18-13(2)17(21)19-7-9-22-10-8-19/h11,13H,4-10H2,1-3H3,(H,18,20)/t13-/m0/s1. The lowest BCUT2D eigenvalue weighted by Gasteiger charge is -2.29. The molecule has 1 fully saturated rings. The summed E-state index contributed by atoms with van der Waals surface area (Å²) in [5.74, 6) is -0.0744. The molecule has 1 saturated heterocycles. The van der Waals surface area contributed by atoms with Crippen LogP contribution in [0.5, 0.6) is 0 Å². The van der Waals surface area contributed by atoms with Gasteiger partial charge >= 0.3 is 0 Å². The zero-order chi connectivity index (χ0) is 16.8. The van der Waals surface area contributed by atoms with E-state index in [-0.39, 0.29) is 11.8 Å². The number of hydrogen-bond acceptors (Lipinski definition) is 4. The molecule has 1 aromatic heterocycles. The molecule has 0 aliphatic carbocycles. The van der Waals surface area contributed by atoms with Crippen molar-refractivity contribution in [2.45, 2.75) is 46.1 Å². The number of amides is 2. The Bertz CT molecular complexity index is 550. The van der Waals surface area contributed by atoms with Crippen molar-refractivity contribution in [3.05, 3.63) is 21.4 Å². The van der Waals surface area contributed by atoms with E-state index < -0.39 is 6.04 Å². The number of nitrogens with zero attached hydrogens (tertiary/aromatic N) is 1. The first-order valence-electron chi connectivity index (χ1n) is 8.19. The van der Waals surface area contributed by atoms with Crippen molar-refractivity contribution in [1.82, 2.24) is 10.2 Å². The molecule has 128 valence electrons. The molecule has 2 heterocycles. The molecule has 1 aliphatic rings. The molecule has 5 nitrogen and oxygen atoms in total. The average molecular weight is 338 g/mol. The largest absolute Gasteiger partial charge is 0.378 e. The lowest BCUT2D eigenvalue weighted by atomic mass is 10.1. The summed E-state index contributed by atoms with van der Waals surface area (Å²) in [6.45, 7) is 8.34. The molecular formula is C17H26N2O3S. The van der Waals surface area contributed by atoms with E-state index in [1.165, 1.54) is 15.3 Å². The van der Waals surface area contributed by atoms with E-state index in [2.05, 4.69) is 25.2 Å². The van der Waals surface area contributed by atoms with Gasteiger partial charge in [-0.2, -0.15) is 0 Å². The van der Waals surface area contributed by atoms with Gasteiger partial charge in [0.15, 0.2) is 0 Å². The summed E-state index contributed by atoms with van der Waals surface area (Å²) in [5, 5.41) is 2.81. The summed E-state index contributed by atoms with van der Waals surface area (Å²) in [5.41, 5.74) is 1.33. The lowest BCUT2D eigenvalue weighted by molar-refractivity contribution is -0.139. The predicted molar refractivity (Wildman–Crippen MR) is 91.7 cm³/mol. The highest BCUT2D eigenvalue weighted by atomic mass is 32.1.